The van der Waals surface area contributed by atoms with Gasteiger partial charge in [-0.15, -0.1) is 0 Å². The first-order chi connectivity index (χ1) is 12.6. The predicted octanol–water partition coefficient (Wildman–Crippen LogP) is 5.98. The van der Waals surface area contributed by atoms with Gasteiger partial charge in [0.05, 0.1) is 27.4 Å². The molecule has 0 amide bonds. The lowest BCUT2D eigenvalue weighted by Crippen LogP contribution is -2.07. The Balaban J connectivity index is 1.88. The largest absolute Gasteiger partial charge is 0.368 e. The minimum absolute atomic E-state index is 0.229. The van der Waals surface area contributed by atoms with Crippen LogP contribution in [0.15, 0.2) is 72.8 Å². The molecule has 2 N–H and O–H groups in total. The SMILES string of the molecule is Nc1nc(N(Br)c2ccccc2)c2cc(-c3ccc(Cl)cc3)ccc2n1. The molecule has 0 saturated heterocycles. The number of rotatable bonds is 3. The van der Waals surface area contributed by atoms with Crippen molar-refractivity contribution in [1.29, 1.82) is 0 Å². The standard InChI is InChI=1S/C20H14BrClN4/c21-26(16-4-2-1-3-5-16)19-17-12-14(13-6-9-15(22)10-7-13)8-11-18(17)24-20(23)25-19/h1-12H,(H2,23,24,25). The van der Waals surface area contributed by atoms with E-state index in [4.69, 9.17) is 17.3 Å². The Bertz CT molecular complexity index is 1070. The lowest BCUT2D eigenvalue weighted by atomic mass is 10.0. The summed E-state index contributed by atoms with van der Waals surface area (Å²) in [7, 11) is 0. The zero-order chi connectivity index (χ0) is 18.1. The fourth-order valence-corrected chi connectivity index (χ4v) is 3.42. The highest BCUT2D eigenvalue weighted by Crippen LogP contribution is 2.35. The first kappa shape index (κ1) is 16.8. The van der Waals surface area contributed by atoms with E-state index in [1.165, 1.54) is 0 Å². The Morgan fingerprint density at radius 3 is 2.27 bits per heavy atom. The molecule has 0 radical (unpaired) electrons. The number of aromatic nitrogens is 2. The molecule has 0 aliphatic rings. The lowest BCUT2D eigenvalue weighted by Gasteiger charge is -2.18. The van der Waals surface area contributed by atoms with Gasteiger partial charge in [-0.25, -0.2) is 4.98 Å². The van der Waals surface area contributed by atoms with Gasteiger partial charge in [-0.2, -0.15) is 4.98 Å². The second-order valence-electron chi connectivity index (χ2n) is 5.76. The van der Waals surface area contributed by atoms with E-state index in [-0.39, 0.29) is 5.95 Å². The van der Waals surface area contributed by atoms with Crippen LogP contribution < -0.4 is 9.66 Å². The average molecular weight is 426 g/mol. The van der Waals surface area contributed by atoms with Gasteiger partial charge in [0.15, 0.2) is 5.82 Å². The Morgan fingerprint density at radius 2 is 1.54 bits per heavy atom. The highest BCUT2D eigenvalue weighted by molar-refractivity contribution is 9.10. The van der Waals surface area contributed by atoms with Crippen LogP contribution in [0.4, 0.5) is 17.5 Å². The summed E-state index contributed by atoms with van der Waals surface area (Å²) in [5, 5.41) is 1.61. The van der Waals surface area contributed by atoms with Gasteiger partial charge in [-0.3, -0.25) is 3.93 Å². The van der Waals surface area contributed by atoms with E-state index in [0.717, 1.165) is 27.7 Å². The monoisotopic (exact) mass is 424 g/mol. The third-order valence-corrected chi connectivity index (χ3v) is 5.04. The molecule has 6 heteroatoms. The van der Waals surface area contributed by atoms with Crippen LogP contribution >= 0.6 is 27.7 Å². The van der Waals surface area contributed by atoms with Crippen LogP contribution in [0.3, 0.4) is 0 Å². The van der Waals surface area contributed by atoms with E-state index >= 15 is 0 Å². The Kier molecular flexibility index (Phi) is 4.49. The summed E-state index contributed by atoms with van der Waals surface area (Å²) in [6.07, 6.45) is 0. The van der Waals surface area contributed by atoms with Gasteiger partial charge in [-0.1, -0.05) is 48.0 Å². The molecule has 1 aromatic heterocycles. The van der Waals surface area contributed by atoms with Gasteiger partial charge in [0.2, 0.25) is 5.95 Å². The topological polar surface area (TPSA) is 55.0 Å². The number of para-hydroxylation sites is 1. The summed E-state index contributed by atoms with van der Waals surface area (Å²) in [5.41, 5.74) is 9.78. The number of nitrogens with two attached hydrogens (primary N) is 1. The number of halogens is 2. The molecule has 1 heterocycles. The third kappa shape index (κ3) is 3.23. The fourth-order valence-electron chi connectivity index (χ4n) is 2.78. The molecule has 26 heavy (non-hydrogen) atoms. The number of nitrogens with zero attached hydrogens (tertiary/aromatic N) is 3. The Labute approximate surface area is 164 Å². The maximum absolute atomic E-state index is 6.00. The van der Waals surface area contributed by atoms with Gasteiger partial charge in [0.25, 0.3) is 0 Å². The molecular formula is C20H14BrClN4. The summed E-state index contributed by atoms with van der Waals surface area (Å²) in [4.78, 5) is 8.81. The van der Waals surface area contributed by atoms with E-state index in [0.29, 0.717) is 10.8 Å². The maximum Gasteiger partial charge on any atom is 0.222 e. The second kappa shape index (κ2) is 6.94. The molecule has 0 aliphatic carbocycles. The summed E-state index contributed by atoms with van der Waals surface area (Å²) in [5.74, 6) is 0.918. The molecule has 3 aromatic carbocycles. The van der Waals surface area contributed by atoms with Gasteiger partial charge < -0.3 is 5.73 Å². The normalized spacial score (nSPS) is 10.8. The predicted molar refractivity (Wildman–Crippen MR) is 112 cm³/mol. The summed E-state index contributed by atoms with van der Waals surface area (Å²) < 4.78 is 1.83. The van der Waals surface area contributed by atoms with Crippen LogP contribution in [0.5, 0.6) is 0 Å². The molecule has 0 bridgehead atoms. The number of nitrogen functional groups attached to an aromatic ring is 1. The molecule has 4 aromatic rings. The van der Waals surface area contributed by atoms with E-state index in [1.807, 2.05) is 70.7 Å². The number of anilines is 3. The van der Waals surface area contributed by atoms with Crippen molar-refractivity contribution in [3.05, 3.63) is 77.8 Å². The molecule has 4 rings (SSSR count). The van der Waals surface area contributed by atoms with E-state index < -0.39 is 0 Å². The summed E-state index contributed by atoms with van der Waals surface area (Å²) in [6, 6.07) is 23.6. The maximum atomic E-state index is 6.00. The minimum atomic E-state index is 0.229. The zero-order valence-electron chi connectivity index (χ0n) is 13.6. The molecule has 4 nitrogen and oxygen atoms in total. The number of benzene rings is 3. The highest BCUT2D eigenvalue weighted by atomic mass is 79.9. The van der Waals surface area contributed by atoms with Crippen LogP contribution in [-0.4, -0.2) is 9.97 Å². The van der Waals surface area contributed by atoms with Crippen molar-refractivity contribution in [1.82, 2.24) is 9.97 Å². The number of fused-ring (bicyclic) bond motifs is 1. The molecule has 128 valence electrons. The minimum Gasteiger partial charge on any atom is -0.368 e. The molecule has 0 saturated carbocycles. The first-order valence-electron chi connectivity index (χ1n) is 7.96. The van der Waals surface area contributed by atoms with Gasteiger partial charge in [0.1, 0.15) is 0 Å². The third-order valence-electron chi connectivity index (χ3n) is 4.04. The molecule has 0 unspecified atom stereocenters. The molecule has 0 aliphatic heterocycles. The quantitative estimate of drug-likeness (QED) is 0.410. The van der Waals surface area contributed by atoms with Gasteiger partial charge >= 0.3 is 0 Å². The van der Waals surface area contributed by atoms with Crippen molar-refractivity contribution in [2.75, 3.05) is 9.66 Å². The molecule has 0 fully saturated rings. The molecular weight excluding hydrogens is 412 g/mol. The lowest BCUT2D eigenvalue weighted by molar-refractivity contribution is 1.21. The van der Waals surface area contributed by atoms with Crippen molar-refractivity contribution in [2.45, 2.75) is 0 Å². The molecule has 0 spiro atoms. The van der Waals surface area contributed by atoms with Crippen molar-refractivity contribution < 1.29 is 0 Å². The van der Waals surface area contributed by atoms with E-state index in [9.17, 15) is 0 Å². The van der Waals surface area contributed by atoms with Crippen LogP contribution in [0.2, 0.25) is 5.02 Å². The highest BCUT2D eigenvalue weighted by Gasteiger charge is 2.14. The first-order valence-corrected chi connectivity index (χ1v) is 9.05. The van der Waals surface area contributed by atoms with Crippen molar-refractivity contribution in [3.8, 4) is 11.1 Å². The Morgan fingerprint density at radius 1 is 0.846 bits per heavy atom. The van der Waals surface area contributed by atoms with Crippen molar-refractivity contribution >= 4 is 56.1 Å². The van der Waals surface area contributed by atoms with Crippen molar-refractivity contribution in [3.63, 3.8) is 0 Å². The summed E-state index contributed by atoms with van der Waals surface area (Å²) in [6.45, 7) is 0. The van der Waals surface area contributed by atoms with Gasteiger partial charge in [0, 0.05) is 10.4 Å². The van der Waals surface area contributed by atoms with E-state index in [1.54, 1.807) is 0 Å². The van der Waals surface area contributed by atoms with Crippen LogP contribution in [0.25, 0.3) is 22.0 Å². The smallest absolute Gasteiger partial charge is 0.222 e. The second-order valence-corrected chi connectivity index (χ2v) is 6.91. The number of hydrogen-bond acceptors (Lipinski definition) is 4. The number of hydrogen-bond donors (Lipinski definition) is 1. The van der Waals surface area contributed by atoms with E-state index in [2.05, 4.69) is 32.2 Å². The van der Waals surface area contributed by atoms with Gasteiger partial charge in [-0.05, 0) is 47.5 Å². The van der Waals surface area contributed by atoms with Crippen LogP contribution in [0.1, 0.15) is 0 Å². The zero-order valence-corrected chi connectivity index (χ0v) is 15.9. The fraction of sp³-hybridized carbons (Fsp3) is 0. The Hall–Kier alpha value is -2.63. The summed E-state index contributed by atoms with van der Waals surface area (Å²) >= 11 is 9.61. The van der Waals surface area contributed by atoms with Crippen LogP contribution in [-0.2, 0) is 0 Å². The van der Waals surface area contributed by atoms with Crippen LogP contribution in [0, 0.1) is 0 Å². The molecule has 0 atom stereocenters. The average Bonchev–Trinajstić information content (AvgIpc) is 2.68. The van der Waals surface area contributed by atoms with Crippen molar-refractivity contribution in [2.24, 2.45) is 0 Å².